The molecule has 0 fully saturated rings. The lowest BCUT2D eigenvalue weighted by atomic mass is 9.86. The molecule has 19 heavy (non-hydrogen) atoms. The van der Waals surface area contributed by atoms with Gasteiger partial charge in [0.1, 0.15) is 5.75 Å². The maximum atomic E-state index is 12.2. The second kappa shape index (κ2) is 5.21. The van der Waals surface area contributed by atoms with E-state index in [0.717, 1.165) is 17.7 Å². The van der Waals surface area contributed by atoms with Crippen LogP contribution in [0.25, 0.3) is 0 Å². The molecule has 0 spiro atoms. The summed E-state index contributed by atoms with van der Waals surface area (Å²) >= 11 is 0. The topological polar surface area (TPSA) is 64.4 Å². The Kier molecular flexibility index (Phi) is 3.80. The van der Waals surface area contributed by atoms with Crippen LogP contribution in [-0.2, 0) is 4.79 Å². The zero-order chi connectivity index (χ0) is 14.0. The van der Waals surface area contributed by atoms with Crippen molar-refractivity contribution < 1.29 is 9.53 Å². The third-order valence-corrected chi connectivity index (χ3v) is 3.49. The van der Waals surface area contributed by atoms with Crippen LogP contribution >= 0.6 is 0 Å². The summed E-state index contributed by atoms with van der Waals surface area (Å²) in [6.45, 7) is 6.52. The Balaban J connectivity index is 2.11. The molecular weight excluding hydrogens is 240 g/mol. The van der Waals surface area contributed by atoms with Crippen molar-refractivity contribution >= 4 is 5.91 Å². The van der Waals surface area contributed by atoms with Crippen LogP contribution in [-0.4, -0.2) is 18.6 Å². The summed E-state index contributed by atoms with van der Waals surface area (Å²) in [6, 6.07) is 7.29. The van der Waals surface area contributed by atoms with E-state index in [4.69, 9.17) is 10.5 Å². The highest BCUT2D eigenvalue weighted by molar-refractivity contribution is 5.82. The molecule has 1 heterocycles. The first-order valence-electron chi connectivity index (χ1n) is 6.67. The molecule has 104 valence electrons. The summed E-state index contributed by atoms with van der Waals surface area (Å²) < 4.78 is 5.58. The van der Waals surface area contributed by atoms with E-state index in [0.29, 0.717) is 6.61 Å². The van der Waals surface area contributed by atoms with E-state index in [-0.39, 0.29) is 17.4 Å². The SMILES string of the molecule is CC(C)(C)[C@@H](N)C(=O)NC1CCOc2ccccc21. The predicted octanol–water partition coefficient (Wildman–Crippen LogP) is 2.00. The molecule has 1 aliphatic heterocycles. The van der Waals surface area contributed by atoms with E-state index in [1.165, 1.54) is 0 Å². The van der Waals surface area contributed by atoms with Crippen molar-refractivity contribution in [2.75, 3.05) is 6.61 Å². The van der Waals surface area contributed by atoms with E-state index in [9.17, 15) is 4.79 Å². The van der Waals surface area contributed by atoms with E-state index >= 15 is 0 Å². The normalized spacial score (nSPS) is 20.1. The maximum Gasteiger partial charge on any atom is 0.237 e. The van der Waals surface area contributed by atoms with Gasteiger partial charge in [0.15, 0.2) is 0 Å². The van der Waals surface area contributed by atoms with Gasteiger partial charge < -0.3 is 15.8 Å². The highest BCUT2D eigenvalue weighted by Gasteiger charge is 2.30. The lowest BCUT2D eigenvalue weighted by Crippen LogP contribution is -2.49. The second-order valence-corrected chi connectivity index (χ2v) is 6.08. The zero-order valence-electron chi connectivity index (χ0n) is 11.8. The summed E-state index contributed by atoms with van der Waals surface area (Å²) in [5.41, 5.74) is 6.78. The van der Waals surface area contributed by atoms with E-state index in [2.05, 4.69) is 5.32 Å². The van der Waals surface area contributed by atoms with Crippen molar-refractivity contribution in [2.24, 2.45) is 11.1 Å². The van der Waals surface area contributed by atoms with Gasteiger partial charge in [-0.05, 0) is 11.5 Å². The maximum absolute atomic E-state index is 12.2. The summed E-state index contributed by atoms with van der Waals surface area (Å²) in [5.74, 6) is 0.748. The highest BCUT2D eigenvalue weighted by Crippen LogP contribution is 2.31. The zero-order valence-corrected chi connectivity index (χ0v) is 11.8. The van der Waals surface area contributed by atoms with Gasteiger partial charge in [0.05, 0.1) is 18.7 Å². The van der Waals surface area contributed by atoms with Crippen LogP contribution in [0.4, 0.5) is 0 Å². The van der Waals surface area contributed by atoms with Crippen molar-refractivity contribution in [3.8, 4) is 5.75 Å². The third-order valence-electron chi connectivity index (χ3n) is 3.49. The molecule has 0 radical (unpaired) electrons. The standard InChI is InChI=1S/C15H22N2O2/c1-15(2,3)13(16)14(18)17-11-8-9-19-12-7-5-4-6-10(11)12/h4-7,11,13H,8-9,16H2,1-3H3,(H,17,18)/t11?,13-/m0/s1. The van der Waals surface area contributed by atoms with Gasteiger partial charge in [-0.15, -0.1) is 0 Å². The number of carbonyl (C=O) groups is 1. The molecular formula is C15H22N2O2. The lowest BCUT2D eigenvalue weighted by Gasteiger charge is -2.31. The summed E-state index contributed by atoms with van der Waals surface area (Å²) in [5, 5.41) is 3.04. The first-order valence-corrected chi connectivity index (χ1v) is 6.67. The molecule has 1 unspecified atom stereocenters. The molecule has 0 saturated carbocycles. The van der Waals surface area contributed by atoms with Crippen molar-refractivity contribution in [1.29, 1.82) is 0 Å². The minimum absolute atomic E-state index is 0.00847. The van der Waals surface area contributed by atoms with Gasteiger partial charge in [-0.2, -0.15) is 0 Å². The van der Waals surface area contributed by atoms with Crippen LogP contribution < -0.4 is 15.8 Å². The van der Waals surface area contributed by atoms with Crippen LogP contribution in [0.1, 0.15) is 38.8 Å². The van der Waals surface area contributed by atoms with Crippen molar-refractivity contribution in [3.05, 3.63) is 29.8 Å². The summed E-state index contributed by atoms with van der Waals surface area (Å²) in [4.78, 5) is 12.2. The molecule has 1 amide bonds. The smallest absolute Gasteiger partial charge is 0.237 e. The second-order valence-electron chi connectivity index (χ2n) is 6.08. The number of para-hydroxylation sites is 1. The van der Waals surface area contributed by atoms with E-state index < -0.39 is 6.04 Å². The number of benzene rings is 1. The van der Waals surface area contributed by atoms with Gasteiger partial charge in [0, 0.05) is 12.0 Å². The molecule has 0 bridgehead atoms. The lowest BCUT2D eigenvalue weighted by molar-refractivity contribution is -0.125. The fraction of sp³-hybridized carbons (Fsp3) is 0.533. The number of carbonyl (C=O) groups excluding carboxylic acids is 1. The molecule has 0 saturated heterocycles. The van der Waals surface area contributed by atoms with Crippen LogP contribution in [0.2, 0.25) is 0 Å². The average molecular weight is 262 g/mol. The molecule has 1 aromatic rings. The molecule has 1 aliphatic rings. The van der Waals surface area contributed by atoms with Gasteiger partial charge in [-0.1, -0.05) is 39.0 Å². The molecule has 2 rings (SSSR count). The van der Waals surface area contributed by atoms with Gasteiger partial charge in [0.25, 0.3) is 0 Å². The number of rotatable bonds is 2. The third kappa shape index (κ3) is 3.07. The molecule has 3 N–H and O–H groups in total. The highest BCUT2D eigenvalue weighted by atomic mass is 16.5. The van der Waals surface area contributed by atoms with E-state index in [1.807, 2.05) is 45.0 Å². The molecule has 0 aromatic heterocycles. The fourth-order valence-corrected chi connectivity index (χ4v) is 2.15. The Morgan fingerprint density at radius 2 is 2.11 bits per heavy atom. The van der Waals surface area contributed by atoms with Crippen molar-refractivity contribution in [2.45, 2.75) is 39.3 Å². The van der Waals surface area contributed by atoms with Crippen LogP contribution in [0.5, 0.6) is 5.75 Å². The largest absolute Gasteiger partial charge is 0.493 e. The number of ether oxygens (including phenoxy) is 1. The number of amides is 1. The Hall–Kier alpha value is -1.55. The summed E-state index contributed by atoms with van der Waals surface area (Å²) in [6.07, 6.45) is 0.777. The molecule has 0 aliphatic carbocycles. The van der Waals surface area contributed by atoms with Crippen molar-refractivity contribution in [1.82, 2.24) is 5.32 Å². The molecule has 4 heteroatoms. The Bertz CT molecular complexity index is 465. The van der Waals surface area contributed by atoms with Gasteiger partial charge in [0.2, 0.25) is 5.91 Å². The number of hydrogen-bond acceptors (Lipinski definition) is 3. The Labute approximate surface area is 114 Å². The van der Waals surface area contributed by atoms with Crippen molar-refractivity contribution in [3.63, 3.8) is 0 Å². The summed E-state index contributed by atoms with van der Waals surface area (Å²) in [7, 11) is 0. The van der Waals surface area contributed by atoms with Crippen LogP contribution in [0.15, 0.2) is 24.3 Å². The van der Waals surface area contributed by atoms with Gasteiger partial charge in [-0.25, -0.2) is 0 Å². The average Bonchev–Trinajstić information content (AvgIpc) is 2.37. The molecule has 4 nitrogen and oxygen atoms in total. The Morgan fingerprint density at radius 1 is 1.42 bits per heavy atom. The molecule has 1 aromatic carbocycles. The minimum Gasteiger partial charge on any atom is -0.493 e. The van der Waals surface area contributed by atoms with Crippen LogP contribution in [0, 0.1) is 5.41 Å². The van der Waals surface area contributed by atoms with Gasteiger partial charge >= 0.3 is 0 Å². The molecule has 2 atom stereocenters. The predicted molar refractivity (Wildman–Crippen MR) is 74.9 cm³/mol. The Morgan fingerprint density at radius 3 is 2.79 bits per heavy atom. The number of fused-ring (bicyclic) bond motifs is 1. The monoisotopic (exact) mass is 262 g/mol. The number of nitrogens with two attached hydrogens (primary N) is 1. The number of nitrogens with one attached hydrogen (secondary N) is 1. The van der Waals surface area contributed by atoms with E-state index in [1.54, 1.807) is 0 Å². The minimum atomic E-state index is -0.512. The van der Waals surface area contributed by atoms with Gasteiger partial charge in [-0.3, -0.25) is 4.79 Å². The first-order chi connectivity index (χ1) is 8.89. The number of hydrogen-bond donors (Lipinski definition) is 2. The quantitative estimate of drug-likeness (QED) is 0.856. The first kappa shape index (κ1) is 13.9. The fourth-order valence-electron chi connectivity index (χ4n) is 2.15. The van der Waals surface area contributed by atoms with Crippen LogP contribution in [0.3, 0.4) is 0 Å².